The van der Waals surface area contributed by atoms with Crippen LogP contribution in [0.3, 0.4) is 0 Å². The van der Waals surface area contributed by atoms with Gasteiger partial charge in [-0.05, 0) is 36.8 Å². The van der Waals surface area contributed by atoms with Gasteiger partial charge < -0.3 is 20.8 Å². The SMILES string of the molecule is CC(O)c1cccc(NC(=O)Nc2ccccc2C(=O)O)c1. The minimum atomic E-state index is -1.12. The summed E-state index contributed by atoms with van der Waals surface area (Å²) in [5.41, 5.74) is 1.39. The number of benzene rings is 2. The van der Waals surface area contributed by atoms with Crippen molar-refractivity contribution in [1.82, 2.24) is 0 Å². The molecule has 0 spiro atoms. The minimum Gasteiger partial charge on any atom is -0.478 e. The van der Waals surface area contributed by atoms with E-state index in [1.807, 2.05) is 0 Å². The molecule has 0 heterocycles. The van der Waals surface area contributed by atoms with Crippen LogP contribution in [0.4, 0.5) is 16.2 Å². The molecule has 6 heteroatoms. The molecule has 0 aliphatic carbocycles. The normalized spacial score (nSPS) is 11.5. The molecular formula is C16H16N2O4. The third kappa shape index (κ3) is 3.83. The zero-order chi connectivity index (χ0) is 16.1. The Morgan fingerprint density at radius 3 is 2.45 bits per heavy atom. The van der Waals surface area contributed by atoms with Gasteiger partial charge in [0.2, 0.25) is 0 Å². The monoisotopic (exact) mass is 300 g/mol. The fourth-order valence-electron chi connectivity index (χ4n) is 1.94. The topological polar surface area (TPSA) is 98.7 Å². The van der Waals surface area contributed by atoms with Gasteiger partial charge in [-0.15, -0.1) is 0 Å². The first-order chi connectivity index (χ1) is 10.5. The highest BCUT2D eigenvalue weighted by Crippen LogP contribution is 2.18. The summed E-state index contributed by atoms with van der Waals surface area (Å²) in [6.07, 6.45) is -0.641. The Hall–Kier alpha value is -2.86. The van der Waals surface area contributed by atoms with Gasteiger partial charge in [-0.2, -0.15) is 0 Å². The van der Waals surface area contributed by atoms with E-state index in [-0.39, 0.29) is 11.3 Å². The quantitative estimate of drug-likeness (QED) is 0.697. The highest BCUT2D eigenvalue weighted by molar-refractivity contribution is 6.04. The van der Waals surface area contributed by atoms with Crippen molar-refractivity contribution >= 4 is 23.4 Å². The summed E-state index contributed by atoms with van der Waals surface area (Å²) in [6, 6.07) is 12.4. The summed E-state index contributed by atoms with van der Waals surface area (Å²) in [6.45, 7) is 1.63. The Bertz CT molecular complexity index is 698. The Morgan fingerprint density at radius 2 is 1.77 bits per heavy atom. The lowest BCUT2D eigenvalue weighted by Gasteiger charge is -2.11. The third-order valence-electron chi connectivity index (χ3n) is 3.03. The van der Waals surface area contributed by atoms with E-state index in [1.54, 1.807) is 43.3 Å². The van der Waals surface area contributed by atoms with Gasteiger partial charge in [-0.25, -0.2) is 9.59 Å². The number of carbonyl (C=O) groups excluding carboxylic acids is 1. The molecule has 2 aromatic carbocycles. The van der Waals surface area contributed by atoms with E-state index >= 15 is 0 Å². The maximum absolute atomic E-state index is 12.0. The van der Waals surface area contributed by atoms with Crippen LogP contribution >= 0.6 is 0 Å². The van der Waals surface area contributed by atoms with Crippen LogP contribution in [-0.4, -0.2) is 22.2 Å². The first-order valence-electron chi connectivity index (χ1n) is 6.65. The fourth-order valence-corrected chi connectivity index (χ4v) is 1.94. The number of carboxylic acids is 1. The van der Waals surface area contributed by atoms with E-state index < -0.39 is 18.1 Å². The Balaban J connectivity index is 2.11. The molecule has 1 atom stereocenters. The highest BCUT2D eigenvalue weighted by atomic mass is 16.4. The fraction of sp³-hybridized carbons (Fsp3) is 0.125. The number of aromatic carboxylic acids is 1. The number of para-hydroxylation sites is 1. The Morgan fingerprint density at radius 1 is 1.05 bits per heavy atom. The molecule has 1 unspecified atom stereocenters. The third-order valence-corrected chi connectivity index (χ3v) is 3.03. The molecule has 114 valence electrons. The predicted octanol–water partition coefficient (Wildman–Crippen LogP) is 3.08. The summed E-state index contributed by atoms with van der Waals surface area (Å²) in [4.78, 5) is 23.0. The molecule has 0 saturated carbocycles. The van der Waals surface area contributed by atoms with E-state index in [9.17, 15) is 14.7 Å². The Labute approximate surface area is 127 Å². The van der Waals surface area contributed by atoms with Gasteiger partial charge in [-0.1, -0.05) is 24.3 Å². The number of amides is 2. The summed E-state index contributed by atoms with van der Waals surface area (Å²) in [7, 11) is 0. The second-order valence-electron chi connectivity index (χ2n) is 4.73. The summed E-state index contributed by atoms with van der Waals surface area (Å²) >= 11 is 0. The summed E-state index contributed by atoms with van der Waals surface area (Å²) in [5.74, 6) is -1.12. The molecular weight excluding hydrogens is 284 g/mol. The Kier molecular flexibility index (Phi) is 4.75. The van der Waals surface area contributed by atoms with E-state index in [1.165, 1.54) is 12.1 Å². The van der Waals surface area contributed by atoms with Crippen LogP contribution < -0.4 is 10.6 Å². The van der Waals surface area contributed by atoms with Gasteiger partial charge in [0.05, 0.1) is 17.4 Å². The number of anilines is 2. The number of aliphatic hydroxyl groups is 1. The second-order valence-corrected chi connectivity index (χ2v) is 4.73. The molecule has 2 amide bonds. The van der Waals surface area contributed by atoms with Crippen LogP contribution in [0.25, 0.3) is 0 Å². The molecule has 0 aromatic heterocycles. The van der Waals surface area contributed by atoms with Gasteiger partial charge in [0.15, 0.2) is 0 Å². The smallest absolute Gasteiger partial charge is 0.337 e. The number of hydrogen-bond acceptors (Lipinski definition) is 3. The minimum absolute atomic E-state index is 0.00961. The average molecular weight is 300 g/mol. The number of carboxylic acid groups (broad SMARTS) is 1. The van der Waals surface area contributed by atoms with Crippen LogP contribution in [0, 0.1) is 0 Å². The van der Waals surface area contributed by atoms with Gasteiger partial charge >= 0.3 is 12.0 Å². The number of rotatable bonds is 4. The van der Waals surface area contributed by atoms with Crippen molar-refractivity contribution in [1.29, 1.82) is 0 Å². The van der Waals surface area contributed by atoms with E-state index in [4.69, 9.17) is 5.11 Å². The van der Waals surface area contributed by atoms with Crippen LogP contribution in [0.2, 0.25) is 0 Å². The number of urea groups is 1. The summed E-state index contributed by atoms with van der Waals surface area (Å²) in [5, 5.41) is 23.7. The number of aliphatic hydroxyl groups excluding tert-OH is 1. The van der Waals surface area contributed by atoms with Crippen LogP contribution in [0.5, 0.6) is 0 Å². The maximum Gasteiger partial charge on any atom is 0.337 e. The molecule has 2 rings (SSSR count). The number of nitrogens with one attached hydrogen (secondary N) is 2. The molecule has 0 aliphatic rings. The van der Waals surface area contributed by atoms with E-state index in [0.29, 0.717) is 11.3 Å². The average Bonchev–Trinajstić information content (AvgIpc) is 2.47. The molecule has 22 heavy (non-hydrogen) atoms. The molecule has 6 nitrogen and oxygen atoms in total. The first-order valence-corrected chi connectivity index (χ1v) is 6.65. The predicted molar refractivity (Wildman–Crippen MR) is 83.1 cm³/mol. The maximum atomic E-state index is 12.0. The van der Waals surface area contributed by atoms with Crippen molar-refractivity contribution in [3.63, 3.8) is 0 Å². The lowest BCUT2D eigenvalue weighted by Crippen LogP contribution is -2.21. The number of hydrogen-bond donors (Lipinski definition) is 4. The summed E-state index contributed by atoms with van der Waals surface area (Å²) < 4.78 is 0. The van der Waals surface area contributed by atoms with Crippen molar-refractivity contribution in [2.24, 2.45) is 0 Å². The molecule has 0 fully saturated rings. The zero-order valence-electron chi connectivity index (χ0n) is 11.9. The lowest BCUT2D eigenvalue weighted by molar-refractivity contribution is 0.0698. The first kappa shape index (κ1) is 15.5. The van der Waals surface area contributed by atoms with Gasteiger partial charge in [0, 0.05) is 5.69 Å². The molecule has 4 N–H and O–H groups in total. The molecule has 0 radical (unpaired) electrons. The van der Waals surface area contributed by atoms with Crippen molar-refractivity contribution < 1.29 is 19.8 Å². The lowest BCUT2D eigenvalue weighted by atomic mass is 10.1. The van der Waals surface area contributed by atoms with Crippen molar-refractivity contribution in [3.05, 3.63) is 59.7 Å². The van der Waals surface area contributed by atoms with Gasteiger partial charge in [0.1, 0.15) is 0 Å². The largest absolute Gasteiger partial charge is 0.478 e. The second kappa shape index (κ2) is 6.73. The van der Waals surface area contributed by atoms with Crippen molar-refractivity contribution in [2.45, 2.75) is 13.0 Å². The van der Waals surface area contributed by atoms with Gasteiger partial charge in [-0.3, -0.25) is 0 Å². The van der Waals surface area contributed by atoms with Crippen molar-refractivity contribution in [3.8, 4) is 0 Å². The van der Waals surface area contributed by atoms with Crippen LogP contribution in [0.15, 0.2) is 48.5 Å². The number of carbonyl (C=O) groups is 2. The van der Waals surface area contributed by atoms with E-state index in [2.05, 4.69) is 10.6 Å². The van der Waals surface area contributed by atoms with Crippen LogP contribution in [0.1, 0.15) is 28.9 Å². The zero-order valence-corrected chi connectivity index (χ0v) is 11.9. The van der Waals surface area contributed by atoms with Crippen molar-refractivity contribution in [2.75, 3.05) is 10.6 Å². The molecule has 0 bridgehead atoms. The van der Waals surface area contributed by atoms with Crippen LogP contribution in [-0.2, 0) is 0 Å². The molecule has 0 saturated heterocycles. The van der Waals surface area contributed by atoms with Gasteiger partial charge in [0.25, 0.3) is 0 Å². The molecule has 0 aliphatic heterocycles. The molecule has 2 aromatic rings. The standard InChI is InChI=1S/C16H16N2O4/c1-10(19)11-5-4-6-12(9-11)17-16(22)18-14-8-3-2-7-13(14)15(20)21/h2-10,19H,1H3,(H,20,21)(H2,17,18,22). The van der Waals surface area contributed by atoms with E-state index in [0.717, 1.165) is 0 Å². The highest BCUT2D eigenvalue weighted by Gasteiger charge is 2.12.